The van der Waals surface area contributed by atoms with Crippen LogP contribution in [0.2, 0.25) is 0 Å². The molecule has 1 aromatic rings. The number of benzene rings is 1. The first-order chi connectivity index (χ1) is 3.93. The van der Waals surface area contributed by atoms with Crippen LogP contribution >= 0.6 is 0 Å². The van der Waals surface area contributed by atoms with E-state index in [-0.39, 0.29) is 0 Å². The molecule has 0 N–H and O–H groups in total. The van der Waals surface area contributed by atoms with Crippen molar-refractivity contribution in [3.63, 3.8) is 0 Å². The van der Waals surface area contributed by atoms with E-state index in [4.69, 9.17) is 0 Å². The van der Waals surface area contributed by atoms with E-state index in [1.54, 1.807) is 0 Å². The van der Waals surface area contributed by atoms with Crippen LogP contribution in [0.15, 0.2) is 30.3 Å². The van der Waals surface area contributed by atoms with E-state index in [0.29, 0.717) is 0 Å². The second kappa shape index (κ2) is 2.84. The fourth-order valence-electron chi connectivity index (χ4n) is 0.556. The van der Waals surface area contributed by atoms with Gasteiger partial charge in [0, 0.05) is 8.61 Å². The summed E-state index contributed by atoms with van der Waals surface area (Å²) in [6.45, 7) is 0. The Morgan fingerprint density at radius 2 is 1.75 bits per heavy atom. The zero-order chi connectivity index (χ0) is 5.82. The second-order valence-corrected chi connectivity index (χ2v) is 3.53. The molecule has 8 heavy (non-hydrogen) atoms. The minimum atomic E-state index is 0.958. The van der Waals surface area contributed by atoms with Crippen LogP contribution in [0, 0.1) is 0 Å². The van der Waals surface area contributed by atoms with Crippen molar-refractivity contribution >= 4 is 23.1 Å². The van der Waals surface area contributed by atoms with Gasteiger partial charge >= 0.3 is 0 Å². The maximum Gasteiger partial charge on any atom is 0.0265 e. The molecular weight excluding hydrogens is 128 g/mol. The van der Waals surface area contributed by atoms with Gasteiger partial charge < -0.3 is 0 Å². The summed E-state index contributed by atoms with van der Waals surface area (Å²) in [6, 6.07) is 10.5. The van der Waals surface area contributed by atoms with Gasteiger partial charge in [0.15, 0.2) is 0 Å². The summed E-state index contributed by atoms with van der Waals surface area (Å²) >= 11 is 0. The summed E-state index contributed by atoms with van der Waals surface area (Å²) in [5.41, 5.74) is 0. The largest absolute Gasteiger partial charge is 0.0623 e. The van der Waals surface area contributed by atoms with Gasteiger partial charge in [-0.25, -0.2) is 0 Å². The van der Waals surface area contributed by atoms with Crippen molar-refractivity contribution in [3.05, 3.63) is 30.3 Å². The minimum absolute atomic E-state index is 0.958. The first-order valence-electron chi connectivity index (χ1n) is 2.51. The number of rotatable bonds is 1. The van der Waals surface area contributed by atoms with Crippen LogP contribution in [0.1, 0.15) is 0 Å². The molecule has 0 amide bonds. The van der Waals surface area contributed by atoms with Gasteiger partial charge in [-0.3, -0.25) is 0 Å². The van der Waals surface area contributed by atoms with E-state index in [9.17, 15) is 0 Å². The summed E-state index contributed by atoms with van der Waals surface area (Å²) in [4.78, 5) is 0. The second-order valence-electron chi connectivity index (χ2n) is 1.54. The molecule has 0 saturated carbocycles. The topological polar surface area (TPSA) is 0 Å². The molecule has 1 radical (unpaired) electrons. The van der Waals surface area contributed by atoms with Gasteiger partial charge in [-0.1, -0.05) is 30.3 Å². The van der Waals surface area contributed by atoms with Crippen molar-refractivity contribution in [2.75, 3.05) is 0 Å². The van der Waals surface area contributed by atoms with E-state index in [0.717, 1.165) is 8.61 Å². The van der Waals surface area contributed by atoms with Gasteiger partial charge in [0.2, 0.25) is 0 Å². The molecular formula is C6H7Si2. The van der Waals surface area contributed by atoms with Crippen molar-refractivity contribution in [3.8, 4) is 0 Å². The Hall–Kier alpha value is -0.346. The molecule has 0 spiro atoms. The highest BCUT2D eigenvalue weighted by Gasteiger charge is 1.76. The highest BCUT2D eigenvalue weighted by molar-refractivity contribution is 6.72. The van der Waals surface area contributed by atoms with E-state index < -0.39 is 0 Å². The molecule has 0 aliphatic heterocycles. The van der Waals surface area contributed by atoms with E-state index in [1.807, 2.05) is 15.4 Å². The predicted molar refractivity (Wildman–Crippen MR) is 40.4 cm³/mol. The third-order valence-electron chi connectivity index (χ3n) is 0.978. The molecule has 2 heteroatoms. The number of hydrogen-bond acceptors (Lipinski definition) is 0. The van der Waals surface area contributed by atoms with E-state index in [2.05, 4.69) is 24.3 Å². The maximum absolute atomic E-state index is 2.16. The van der Waals surface area contributed by atoms with Gasteiger partial charge in [-0.05, 0) is 14.5 Å². The molecule has 39 valence electrons. The Kier molecular flexibility index (Phi) is 2.05. The van der Waals surface area contributed by atoms with Crippen LogP contribution in [-0.4, -0.2) is 17.9 Å². The maximum atomic E-state index is 2.16. The Bertz CT molecular complexity index is 169. The molecule has 0 nitrogen and oxygen atoms in total. The fraction of sp³-hybridized carbons (Fsp3) is 0. The Morgan fingerprint density at radius 1 is 1.12 bits per heavy atom. The quantitative estimate of drug-likeness (QED) is 0.458. The van der Waals surface area contributed by atoms with Crippen LogP contribution in [-0.2, 0) is 0 Å². The lowest BCUT2D eigenvalue weighted by Crippen LogP contribution is -2.03. The molecule has 1 rings (SSSR count). The van der Waals surface area contributed by atoms with Crippen LogP contribution in [0.5, 0.6) is 0 Å². The zero-order valence-electron chi connectivity index (χ0n) is 4.59. The van der Waals surface area contributed by atoms with E-state index >= 15 is 0 Å². The van der Waals surface area contributed by atoms with Gasteiger partial charge in [0.25, 0.3) is 0 Å². The van der Waals surface area contributed by atoms with Crippen molar-refractivity contribution in [1.29, 1.82) is 0 Å². The summed E-state index contributed by atoms with van der Waals surface area (Å²) in [5, 5.41) is 1.45. The summed E-state index contributed by atoms with van der Waals surface area (Å²) in [5.74, 6) is 0. The van der Waals surface area contributed by atoms with Crippen molar-refractivity contribution in [1.82, 2.24) is 0 Å². The molecule has 0 saturated heterocycles. The molecule has 0 aromatic heterocycles. The van der Waals surface area contributed by atoms with Gasteiger partial charge in [-0.15, -0.1) is 0 Å². The normalized spacial score (nSPS) is 8.50. The molecule has 0 unspecified atom stereocenters. The van der Waals surface area contributed by atoms with Gasteiger partial charge in [0.1, 0.15) is 0 Å². The first-order valence-corrected chi connectivity index (χ1v) is 5.84. The molecule has 0 bridgehead atoms. The van der Waals surface area contributed by atoms with Gasteiger partial charge in [0.05, 0.1) is 0 Å². The highest BCUT2D eigenvalue weighted by Crippen LogP contribution is 1.77. The van der Waals surface area contributed by atoms with Crippen LogP contribution in [0.4, 0.5) is 0 Å². The lowest BCUT2D eigenvalue weighted by molar-refractivity contribution is 1.77. The van der Waals surface area contributed by atoms with E-state index in [1.165, 1.54) is 5.19 Å². The van der Waals surface area contributed by atoms with Gasteiger partial charge in [-0.2, -0.15) is 0 Å². The lowest BCUT2D eigenvalue weighted by atomic mass is 10.4. The van der Waals surface area contributed by atoms with Crippen LogP contribution in [0.25, 0.3) is 0 Å². The third-order valence-corrected chi connectivity index (χ3v) is 2.94. The smallest absolute Gasteiger partial charge is 0.0265 e. The molecule has 0 aliphatic carbocycles. The Morgan fingerprint density at radius 3 is 2.12 bits per heavy atom. The molecule has 0 fully saturated rings. The average Bonchev–Trinajstić information content (AvgIpc) is 1.90. The Labute approximate surface area is 54.1 Å². The SMILES string of the molecule is [SiH2]=[Si]c1ccccc1. The van der Waals surface area contributed by atoms with Crippen molar-refractivity contribution in [2.24, 2.45) is 0 Å². The monoisotopic (exact) mass is 135 g/mol. The summed E-state index contributed by atoms with van der Waals surface area (Å²) in [7, 11) is 2.97. The van der Waals surface area contributed by atoms with Crippen molar-refractivity contribution in [2.45, 2.75) is 0 Å². The summed E-state index contributed by atoms with van der Waals surface area (Å²) in [6.07, 6.45) is 0. The molecule has 0 aliphatic rings. The fourth-order valence-corrected chi connectivity index (χ4v) is 1.69. The highest BCUT2D eigenvalue weighted by atomic mass is 28.8. The Balaban J connectivity index is 2.99. The molecule has 1 aromatic carbocycles. The van der Waals surface area contributed by atoms with Crippen molar-refractivity contribution < 1.29 is 0 Å². The van der Waals surface area contributed by atoms with Crippen LogP contribution < -0.4 is 5.19 Å². The number of hydrogen-bond donors (Lipinski definition) is 0. The first kappa shape index (κ1) is 5.78. The molecule has 0 atom stereocenters. The zero-order valence-corrected chi connectivity index (χ0v) is 7.01. The molecule has 0 heterocycles. The third kappa shape index (κ3) is 1.31. The minimum Gasteiger partial charge on any atom is -0.0623 e. The predicted octanol–water partition coefficient (Wildman–Crippen LogP) is -0.436. The van der Waals surface area contributed by atoms with Crippen LogP contribution in [0.3, 0.4) is 0 Å². The summed E-state index contributed by atoms with van der Waals surface area (Å²) < 4.78 is 0. The standard InChI is InChI=1S/C6H7Si2/c7-8-6-4-2-1-3-5-6/h1-5H,7H2. The average molecular weight is 135 g/mol. The lowest BCUT2D eigenvalue weighted by Gasteiger charge is -1.84.